The third-order valence-corrected chi connectivity index (χ3v) is 5.28. The zero-order valence-electron chi connectivity index (χ0n) is 15.8. The van der Waals surface area contributed by atoms with Crippen LogP contribution in [0, 0.1) is 0 Å². The van der Waals surface area contributed by atoms with Crippen LogP contribution >= 0.6 is 0 Å². The second-order valence-electron chi connectivity index (χ2n) is 5.75. The van der Waals surface area contributed by atoms with E-state index in [2.05, 4.69) is 14.8 Å². The molecule has 150 valence electrons. The van der Waals surface area contributed by atoms with Crippen LogP contribution in [0.25, 0.3) is 0 Å². The van der Waals surface area contributed by atoms with Gasteiger partial charge in [0.1, 0.15) is 5.75 Å². The second-order valence-corrected chi connectivity index (χ2v) is 7.44. The number of hydrogen-bond donors (Lipinski definition) is 2. The summed E-state index contributed by atoms with van der Waals surface area (Å²) in [4.78, 5) is 23.0. The lowest BCUT2D eigenvalue weighted by Crippen LogP contribution is -2.18. The summed E-state index contributed by atoms with van der Waals surface area (Å²) >= 11 is 0. The summed E-state index contributed by atoms with van der Waals surface area (Å²) in [7, 11) is -1.12. The van der Waals surface area contributed by atoms with Gasteiger partial charge in [-0.3, -0.25) is 9.52 Å². The summed E-state index contributed by atoms with van der Waals surface area (Å²) in [5.41, 5.74) is 1.24. The first kappa shape index (κ1) is 21.2. The van der Waals surface area contributed by atoms with E-state index in [0.29, 0.717) is 23.3 Å². The minimum absolute atomic E-state index is 0.0418. The Hall–Kier alpha value is -3.07. The van der Waals surface area contributed by atoms with Crippen molar-refractivity contribution < 1.29 is 27.5 Å². The highest BCUT2D eigenvalue weighted by molar-refractivity contribution is 7.92. The Bertz CT molecular complexity index is 972. The Morgan fingerprint density at radius 2 is 1.86 bits per heavy atom. The molecule has 0 aliphatic carbocycles. The largest absolute Gasteiger partial charge is 0.482 e. The van der Waals surface area contributed by atoms with Crippen LogP contribution in [0.4, 0.5) is 5.69 Å². The van der Waals surface area contributed by atoms with Gasteiger partial charge in [0, 0.05) is 18.3 Å². The summed E-state index contributed by atoms with van der Waals surface area (Å²) in [5, 5.41) is 2.49. The predicted octanol–water partition coefficient (Wildman–Crippen LogP) is 1.96. The Balaban J connectivity index is 2.26. The number of sulfonamides is 1. The molecule has 0 saturated heterocycles. The fraction of sp³-hybridized carbons (Fsp3) is 0.263. The molecular weight excluding hydrogens is 384 g/mol. The molecule has 8 nitrogen and oxygen atoms in total. The molecule has 28 heavy (non-hydrogen) atoms. The molecule has 0 saturated carbocycles. The van der Waals surface area contributed by atoms with Gasteiger partial charge in [0.2, 0.25) is 0 Å². The fourth-order valence-electron chi connectivity index (χ4n) is 2.42. The van der Waals surface area contributed by atoms with Crippen molar-refractivity contribution in [3.8, 4) is 5.75 Å². The number of amides is 1. The molecule has 0 aromatic heterocycles. The molecule has 0 radical (unpaired) electrons. The van der Waals surface area contributed by atoms with Crippen LogP contribution in [0.5, 0.6) is 5.75 Å². The number of rotatable bonds is 8. The molecular formula is C19H22N2O6S. The lowest BCUT2D eigenvalue weighted by molar-refractivity contribution is -0.142. The summed E-state index contributed by atoms with van der Waals surface area (Å²) in [6, 6.07) is 10.5. The number of nitrogens with one attached hydrogen (secondary N) is 2. The van der Waals surface area contributed by atoms with E-state index in [1.807, 2.05) is 6.92 Å². The molecule has 0 atom stereocenters. The Morgan fingerprint density at radius 3 is 2.50 bits per heavy atom. The highest BCUT2D eigenvalue weighted by Gasteiger charge is 2.17. The maximum atomic E-state index is 12.7. The molecule has 0 unspecified atom stereocenters. The molecule has 0 heterocycles. The molecule has 2 rings (SSSR count). The molecule has 0 spiro atoms. The standard InChI is InChI=1S/C19H22N2O6S/c1-4-13-11-16(8-9-17(13)27-12-18(22)26-3)28(24,25)21-15-7-5-6-14(10-15)19(23)20-2/h5-11,21H,4,12H2,1-3H3,(H,20,23). The van der Waals surface area contributed by atoms with E-state index in [1.54, 1.807) is 18.2 Å². The lowest BCUT2D eigenvalue weighted by atomic mass is 10.1. The first-order valence-electron chi connectivity index (χ1n) is 8.48. The number of carbonyl (C=O) groups is 2. The van der Waals surface area contributed by atoms with Crippen molar-refractivity contribution in [2.75, 3.05) is 25.5 Å². The van der Waals surface area contributed by atoms with Gasteiger partial charge in [0.05, 0.1) is 12.0 Å². The molecule has 2 aromatic rings. The van der Waals surface area contributed by atoms with Crippen molar-refractivity contribution in [1.82, 2.24) is 5.32 Å². The van der Waals surface area contributed by atoms with Crippen LogP contribution in [0.3, 0.4) is 0 Å². The summed E-state index contributed by atoms with van der Waals surface area (Å²) in [5.74, 6) is -0.439. The topological polar surface area (TPSA) is 111 Å². The van der Waals surface area contributed by atoms with E-state index in [1.165, 1.54) is 38.4 Å². The summed E-state index contributed by atoms with van der Waals surface area (Å²) in [6.45, 7) is 1.58. The fourth-order valence-corrected chi connectivity index (χ4v) is 3.52. The van der Waals surface area contributed by atoms with Gasteiger partial charge < -0.3 is 14.8 Å². The lowest BCUT2D eigenvalue weighted by Gasteiger charge is -2.13. The van der Waals surface area contributed by atoms with Crippen LogP contribution in [0.2, 0.25) is 0 Å². The number of aryl methyl sites for hydroxylation is 1. The normalized spacial score (nSPS) is 10.8. The molecule has 1 amide bonds. The van der Waals surface area contributed by atoms with E-state index in [-0.39, 0.29) is 23.1 Å². The number of anilines is 1. The Kier molecular flexibility index (Phi) is 7.00. The average Bonchev–Trinajstić information content (AvgIpc) is 2.70. The van der Waals surface area contributed by atoms with E-state index in [4.69, 9.17) is 4.74 Å². The van der Waals surface area contributed by atoms with Crippen LogP contribution in [-0.2, 0) is 26.0 Å². The van der Waals surface area contributed by atoms with E-state index >= 15 is 0 Å². The van der Waals surface area contributed by atoms with Gasteiger partial charge in [-0.15, -0.1) is 0 Å². The van der Waals surface area contributed by atoms with Crippen molar-refractivity contribution in [2.24, 2.45) is 0 Å². The van der Waals surface area contributed by atoms with Gasteiger partial charge in [-0.05, 0) is 48.4 Å². The Labute approximate surface area is 163 Å². The third-order valence-electron chi connectivity index (χ3n) is 3.90. The molecule has 0 aliphatic heterocycles. The van der Waals surface area contributed by atoms with Gasteiger partial charge in [0.15, 0.2) is 6.61 Å². The van der Waals surface area contributed by atoms with Gasteiger partial charge in [-0.25, -0.2) is 13.2 Å². The summed E-state index contributed by atoms with van der Waals surface area (Å²) in [6.07, 6.45) is 0.506. The quantitative estimate of drug-likeness (QED) is 0.649. The number of benzene rings is 2. The number of methoxy groups -OCH3 is 1. The first-order valence-corrected chi connectivity index (χ1v) is 9.96. The highest BCUT2D eigenvalue weighted by Crippen LogP contribution is 2.25. The molecule has 2 aromatic carbocycles. The van der Waals surface area contributed by atoms with Crippen LogP contribution in [0.15, 0.2) is 47.4 Å². The van der Waals surface area contributed by atoms with Crippen molar-refractivity contribution in [3.05, 3.63) is 53.6 Å². The average molecular weight is 406 g/mol. The van der Waals surface area contributed by atoms with Crippen LogP contribution in [0.1, 0.15) is 22.8 Å². The predicted molar refractivity (Wildman–Crippen MR) is 104 cm³/mol. The molecule has 0 fully saturated rings. The van der Waals surface area contributed by atoms with Crippen molar-refractivity contribution >= 4 is 27.6 Å². The van der Waals surface area contributed by atoms with Gasteiger partial charge in [-0.2, -0.15) is 0 Å². The van der Waals surface area contributed by atoms with Gasteiger partial charge in [0.25, 0.3) is 15.9 Å². The van der Waals surface area contributed by atoms with Crippen molar-refractivity contribution in [2.45, 2.75) is 18.2 Å². The number of hydrogen-bond acceptors (Lipinski definition) is 6. The van der Waals surface area contributed by atoms with Crippen LogP contribution in [-0.4, -0.2) is 41.1 Å². The Morgan fingerprint density at radius 1 is 1.11 bits per heavy atom. The highest BCUT2D eigenvalue weighted by atomic mass is 32.2. The molecule has 9 heteroatoms. The molecule has 0 aliphatic rings. The number of carbonyl (C=O) groups excluding carboxylic acids is 2. The first-order chi connectivity index (χ1) is 13.3. The van der Waals surface area contributed by atoms with Gasteiger partial charge >= 0.3 is 5.97 Å². The van der Waals surface area contributed by atoms with Crippen molar-refractivity contribution in [1.29, 1.82) is 0 Å². The molecule has 0 bridgehead atoms. The maximum Gasteiger partial charge on any atom is 0.343 e. The van der Waals surface area contributed by atoms with Crippen LogP contribution < -0.4 is 14.8 Å². The van der Waals surface area contributed by atoms with E-state index < -0.39 is 16.0 Å². The SMILES string of the molecule is CCc1cc(S(=O)(=O)Nc2cccc(C(=O)NC)c2)ccc1OCC(=O)OC. The maximum absolute atomic E-state index is 12.7. The van der Waals surface area contributed by atoms with Gasteiger partial charge in [-0.1, -0.05) is 13.0 Å². The third kappa shape index (κ3) is 5.23. The second kappa shape index (κ2) is 9.23. The van der Waals surface area contributed by atoms with E-state index in [0.717, 1.165) is 0 Å². The zero-order chi connectivity index (χ0) is 20.7. The monoisotopic (exact) mass is 406 g/mol. The minimum atomic E-state index is -3.88. The molecule has 2 N–H and O–H groups in total. The van der Waals surface area contributed by atoms with Crippen molar-refractivity contribution in [3.63, 3.8) is 0 Å². The minimum Gasteiger partial charge on any atom is -0.482 e. The smallest absolute Gasteiger partial charge is 0.343 e. The number of esters is 1. The number of ether oxygens (including phenoxy) is 2. The summed E-state index contributed by atoms with van der Waals surface area (Å²) < 4.78 is 37.8. The zero-order valence-corrected chi connectivity index (χ0v) is 16.6. The van der Waals surface area contributed by atoms with E-state index in [9.17, 15) is 18.0 Å².